The van der Waals surface area contributed by atoms with E-state index in [4.69, 9.17) is 11.0 Å². The van der Waals surface area contributed by atoms with E-state index in [1.807, 2.05) is 6.07 Å². The summed E-state index contributed by atoms with van der Waals surface area (Å²) in [6.45, 7) is 0.380. The van der Waals surface area contributed by atoms with E-state index in [0.29, 0.717) is 18.7 Å². The molecule has 0 radical (unpaired) electrons. The molecule has 1 aromatic heterocycles. The molecule has 80 valence electrons. The molecule has 1 aromatic rings. The van der Waals surface area contributed by atoms with Gasteiger partial charge in [0.2, 0.25) is 0 Å². The SMILES string of the molecule is CN(CCC#N)C(=O)c1nn(C)cc1N. The summed E-state index contributed by atoms with van der Waals surface area (Å²) in [5.41, 5.74) is 6.20. The predicted octanol–water partition coefficient (Wildman–Crippen LogP) is -0.0120. The van der Waals surface area contributed by atoms with Gasteiger partial charge >= 0.3 is 0 Å². The second kappa shape index (κ2) is 4.46. The third-order valence-corrected chi connectivity index (χ3v) is 1.97. The summed E-state index contributed by atoms with van der Waals surface area (Å²) in [7, 11) is 3.32. The number of hydrogen-bond donors (Lipinski definition) is 1. The Bertz CT molecular complexity index is 403. The van der Waals surface area contributed by atoms with Gasteiger partial charge in [-0.2, -0.15) is 10.4 Å². The summed E-state index contributed by atoms with van der Waals surface area (Å²) in [6, 6.07) is 1.97. The lowest BCUT2D eigenvalue weighted by Gasteiger charge is -2.13. The fourth-order valence-electron chi connectivity index (χ4n) is 1.17. The number of aryl methyl sites for hydroxylation is 1. The lowest BCUT2D eigenvalue weighted by molar-refractivity contribution is 0.0792. The number of nitrogens with zero attached hydrogens (tertiary/aromatic N) is 4. The highest BCUT2D eigenvalue weighted by Crippen LogP contribution is 2.10. The van der Waals surface area contributed by atoms with Crippen LogP contribution in [-0.4, -0.2) is 34.2 Å². The molecule has 0 aliphatic heterocycles. The molecule has 0 fully saturated rings. The Morgan fingerprint density at radius 1 is 1.80 bits per heavy atom. The average Bonchev–Trinajstić information content (AvgIpc) is 2.53. The van der Waals surface area contributed by atoms with Gasteiger partial charge in [0.05, 0.1) is 18.2 Å². The number of carbonyl (C=O) groups is 1. The van der Waals surface area contributed by atoms with Gasteiger partial charge in [-0.1, -0.05) is 0 Å². The van der Waals surface area contributed by atoms with Gasteiger partial charge < -0.3 is 10.6 Å². The number of nitrogens with two attached hydrogens (primary N) is 1. The maximum Gasteiger partial charge on any atom is 0.276 e. The monoisotopic (exact) mass is 207 g/mol. The molecule has 1 heterocycles. The van der Waals surface area contributed by atoms with E-state index in [1.165, 1.54) is 9.58 Å². The first-order valence-corrected chi connectivity index (χ1v) is 4.47. The Morgan fingerprint density at radius 3 is 2.93 bits per heavy atom. The molecule has 15 heavy (non-hydrogen) atoms. The Balaban J connectivity index is 2.76. The number of amides is 1. The Labute approximate surface area is 87.9 Å². The molecule has 0 saturated heterocycles. The van der Waals surface area contributed by atoms with E-state index in [9.17, 15) is 4.79 Å². The van der Waals surface area contributed by atoms with Crippen molar-refractivity contribution in [3.8, 4) is 6.07 Å². The first-order valence-electron chi connectivity index (χ1n) is 4.47. The van der Waals surface area contributed by atoms with Crippen LogP contribution in [0.4, 0.5) is 5.69 Å². The number of carbonyl (C=O) groups excluding carboxylic acids is 1. The Morgan fingerprint density at radius 2 is 2.47 bits per heavy atom. The zero-order valence-corrected chi connectivity index (χ0v) is 8.77. The van der Waals surface area contributed by atoms with Gasteiger partial charge in [-0.05, 0) is 0 Å². The highest BCUT2D eigenvalue weighted by Gasteiger charge is 2.17. The number of rotatable bonds is 3. The van der Waals surface area contributed by atoms with Crippen LogP contribution in [0.25, 0.3) is 0 Å². The molecule has 0 bridgehead atoms. The standard InChI is InChI=1S/C9H13N5O/c1-13(5-3-4-10)9(15)8-7(11)6-14(2)12-8/h6H,3,5,11H2,1-2H3. The first-order chi connectivity index (χ1) is 7.06. The molecule has 0 aliphatic rings. The largest absolute Gasteiger partial charge is 0.396 e. The van der Waals surface area contributed by atoms with Gasteiger partial charge in [-0.25, -0.2) is 0 Å². The number of nitriles is 1. The molecular weight excluding hydrogens is 194 g/mol. The van der Waals surface area contributed by atoms with E-state index < -0.39 is 0 Å². The predicted molar refractivity (Wildman–Crippen MR) is 54.8 cm³/mol. The van der Waals surface area contributed by atoms with Gasteiger partial charge in [-0.3, -0.25) is 9.48 Å². The topological polar surface area (TPSA) is 87.9 Å². The third kappa shape index (κ3) is 2.47. The molecule has 0 aromatic carbocycles. The van der Waals surface area contributed by atoms with Crippen molar-refractivity contribution in [3.63, 3.8) is 0 Å². The van der Waals surface area contributed by atoms with Crippen molar-refractivity contribution in [3.05, 3.63) is 11.9 Å². The molecule has 0 saturated carbocycles. The zero-order valence-electron chi connectivity index (χ0n) is 8.77. The van der Waals surface area contributed by atoms with Crippen molar-refractivity contribution in [2.45, 2.75) is 6.42 Å². The molecule has 0 atom stereocenters. The summed E-state index contributed by atoms with van der Waals surface area (Å²) in [5, 5.41) is 12.4. The number of aromatic nitrogens is 2. The molecule has 0 unspecified atom stereocenters. The fourth-order valence-corrected chi connectivity index (χ4v) is 1.17. The van der Waals surface area contributed by atoms with Gasteiger partial charge in [0.1, 0.15) is 0 Å². The number of anilines is 1. The summed E-state index contributed by atoms with van der Waals surface area (Å²) < 4.78 is 1.49. The first kappa shape index (κ1) is 11.0. The van der Waals surface area contributed by atoms with Crippen molar-refractivity contribution < 1.29 is 4.79 Å². The van der Waals surface area contributed by atoms with Gasteiger partial charge in [-0.15, -0.1) is 0 Å². The van der Waals surface area contributed by atoms with Crippen LogP contribution in [0, 0.1) is 11.3 Å². The van der Waals surface area contributed by atoms with Crippen molar-refractivity contribution >= 4 is 11.6 Å². The van der Waals surface area contributed by atoms with E-state index in [0.717, 1.165) is 0 Å². The summed E-state index contributed by atoms with van der Waals surface area (Å²) in [6.07, 6.45) is 1.88. The Hall–Kier alpha value is -2.03. The normalized spacial score (nSPS) is 9.67. The summed E-state index contributed by atoms with van der Waals surface area (Å²) in [5.74, 6) is -0.261. The maximum absolute atomic E-state index is 11.7. The highest BCUT2D eigenvalue weighted by atomic mass is 16.2. The number of nitrogen functional groups attached to an aromatic ring is 1. The van der Waals surface area contributed by atoms with Crippen molar-refractivity contribution in [1.82, 2.24) is 14.7 Å². The van der Waals surface area contributed by atoms with Crippen LogP contribution < -0.4 is 5.73 Å². The van der Waals surface area contributed by atoms with Crippen LogP contribution in [-0.2, 0) is 7.05 Å². The van der Waals surface area contributed by atoms with Crippen LogP contribution in [0.5, 0.6) is 0 Å². The molecule has 1 amide bonds. The molecule has 1 rings (SSSR count). The molecule has 0 spiro atoms. The lowest BCUT2D eigenvalue weighted by atomic mass is 10.3. The van der Waals surface area contributed by atoms with Crippen molar-refractivity contribution in [1.29, 1.82) is 5.26 Å². The summed E-state index contributed by atoms with van der Waals surface area (Å²) >= 11 is 0. The highest BCUT2D eigenvalue weighted by molar-refractivity contribution is 5.96. The number of hydrogen-bond acceptors (Lipinski definition) is 4. The molecule has 0 aliphatic carbocycles. The Kier molecular flexibility index (Phi) is 3.29. The van der Waals surface area contributed by atoms with Crippen LogP contribution in [0.3, 0.4) is 0 Å². The van der Waals surface area contributed by atoms with E-state index in [2.05, 4.69) is 5.10 Å². The van der Waals surface area contributed by atoms with Crippen molar-refractivity contribution in [2.75, 3.05) is 19.3 Å². The van der Waals surface area contributed by atoms with Gasteiger partial charge in [0, 0.05) is 26.8 Å². The van der Waals surface area contributed by atoms with Crippen molar-refractivity contribution in [2.24, 2.45) is 7.05 Å². The fraction of sp³-hybridized carbons (Fsp3) is 0.444. The summed E-state index contributed by atoms with van der Waals surface area (Å²) in [4.78, 5) is 13.2. The minimum Gasteiger partial charge on any atom is -0.396 e. The van der Waals surface area contributed by atoms with Crippen LogP contribution in [0.2, 0.25) is 0 Å². The van der Waals surface area contributed by atoms with Crippen LogP contribution in [0.1, 0.15) is 16.9 Å². The molecule has 2 N–H and O–H groups in total. The maximum atomic E-state index is 11.7. The minimum absolute atomic E-state index is 0.234. The van der Waals surface area contributed by atoms with Crippen LogP contribution in [0.15, 0.2) is 6.20 Å². The smallest absolute Gasteiger partial charge is 0.276 e. The molecule has 6 nitrogen and oxygen atoms in total. The van der Waals surface area contributed by atoms with Gasteiger partial charge in [0.15, 0.2) is 5.69 Å². The third-order valence-electron chi connectivity index (χ3n) is 1.97. The molecular formula is C9H13N5O. The van der Waals surface area contributed by atoms with Gasteiger partial charge in [0.25, 0.3) is 5.91 Å². The van der Waals surface area contributed by atoms with E-state index in [-0.39, 0.29) is 11.6 Å². The average molecular weight is 207 g/mol. The second-order valence-electron chi connectivity index (χ2n) is 3.24. The van der Waals surface area contributed by atoms with E-state index >= 15 is 0 Å². The molecule has 6 heteroatoms. The minimum atomic E-state index is -0.261. The second-order valence-corrected chi connectivity index (χ2v) is 3.24. The van der Waals surface area contributed by atoms with E-state index in [1.54, 1.807) is 20.3 Å². The van der Waals surface area contributed by atoms with Crippen LogP contribution >= 0.6 is 0 Å². The zero-order chi connectivity index (χ0) is 11.4. The lowest BCUT2D eigenvalue weighted by Crippen LogP contribution is -2.28. The quantitative estimate of drug-likeness (QED) is 0.754.